The smallest absolute Gasteiger partial charge is 0.0871 e. The molecule has 0 fully saturated rings. The highest BCUT2D eigenvalue weighted by Crippen LogP contribution is 2.30. The highest BCUT2D eigenvalue weighted by Gasteiger charge is 2.13. The zero-order chi connectivity index (χ0) is 13.3. The average Bonchev–Trinajstić information content (AvgIpc) is 2.66. The van der Waals surface area contributed by atoms with Gasteiger partial charge in [0.15, 0.2) is 0 Å². The zero-order valence-electron chi connectivity index (χ0n) is 11.4. The molecule has 1 aromatic heterocycles. The maximum atomic E-state index is 5.75. The molecule has 0 aliphatic carbocycles. The van der Waals surface area contributed by atoms with E-state index in [1.807, 2.05) is 0 Å². The van der Waals surface area contributed by atoms with Crippen molar-refractivity contribution in [2.45, 2.75) is 46.4 Å². The molecule has 18 heavy (non-hydrogen) atoms. The lowest BCUT2D eigenvalue weighted by molar-refractivity contribution is 0.0615. The lowest BCUT2D eigenvalue weighted by Crippen LogP contribution is -2.09. The number of hydrogen-bond donors (Lipinski definition) is 0. The fourth-order valence-corrected chi connectivity index (χ4v) is 2.82. The number of benzene rings is 1. The Morgan fingerprint density at radius 1 is 1.22 bits per heavy atom. The molecular formula is C15H20BrNO. The largest absolute Gasteiger partial charge is 0.373 e. The first-order chi connectivity index (χ1) is 8.50. The third-order valence-corrected chi connectivity index (χ3v) is 3.61. The lowest BCUT2D eigenvalue weighted by atomic mass is 10.2. The normalized spacial score (nSPS) is 11.9. The summed E-state index contributed by atoms with van der Waals surface area (Å²) in [4.78, 5) is 0. The Kier molecular flexibility index (Phi) is 4.13. The van der Waals surface area contributed by atoms with Crippen LogP contribution in [-0.2, 0) is 11.3 Å². The van der Waals surface area contributed by atoms with Gasteiger partial charge >= 0.3 is 0 Å². The fourth-order valence-electron chi connectivity index (χ4n) is 2.25. The Hall–Kier alpha value is -0.800. The summed E-state index contributed by atoms with van der Waals surface area (Å²) >= 11 is 3.65. The number of halogens is 1. The van der Waals surface area contributed by atoms with Crippen LogP contribution in [0.25, 0.3) is 10.9 Å². The number of fused-ring (bicyclic) bond motifs is 1. The Morgan fingerprint density at radius 3 is 2.56 bits per heavy atom. The molecule has 0 aliphatic rings. The number of aromatic nitrogens is 1. The van der Waals surface area contributed by atoms with E-state index in [-0.39, 0.29) is 6.10 Å². The minimum Gasteiger partial charge on any atom is -0.373 e. The highest BCUT2D eigenvalue weighted by molar-refractivity contribution is 9.10. The van der Waals surface area contributed by atoms with Gasteiger partial charge in [-0.05, 0) is 55.8 Å². The van der Waals surface area contributed by atoms with Gasteiger partial charge in [-0.25, -0.2) is 0 Å². The van der Waals surface area contributed by atoms with Crippen molar-refractivity contribution in [1.29, 1.82) is 0 Å². The number of hydrogen-bond acceptors (Lipinski definition) is 1. The molecule has 3 heteroatoms. The summed E-state index contributed by atoms with van der Waals surface area (Å²) < 4.78 is 9.24. The second-order valence-electron chi connectivity index (χ2n) is 5.14. The van der Waals surface area contributed by atoms with Gasteiger partial charge in [-0.3, -0.25) is 0 Å². The standard InChI is InChI=1S/C15H20BrNO/c1-10(2)17-13(9-18-11(3)4)8-12-6-5-7-14(16)15(12)17/h5-8,10-11H,9H2,1-4H3. The zero-order valence-corrected chi connectivity index (χ0v) is 13.0. The second kappa shape index (κ2) is 5.45. The first kappa shape index (κ1) is 13.6. The van der Waals surface area contributed by atoms with Crippen molar-refractivity contribution < 1.29 is 4.74 Å². The molecule has 0 unspecified atom stereocenters. The van der Waals surface area contributed by atoms with E-state index in [1.165, 1.54) is 16.6 Å². The minimum atomic E-state index is 0.257. The first-order valence-corrected chi connectivity index (χ1v) is 7.20. The van der Waals surface area contributed by atoms with Crippen molar-refractivity contribution in [1.82, 2.24) is 4.57 Å². The molecule has 0 amide bonds. The van der Waals surface area contributed by atoms with E-state index in [9.17, 15) is 0 Å². The topological polar surface area (TPSA) is 14.2 Å². The third-order valence-electron chi connectivity index (χ3n) is 2.97. The van der Waals surface area contributed by atoms with E-state index in [0.29, 0.717) is 12.6 Å². The Labute approximate surface area is 117 Å². The van der Waals surface area contributed by atoms with Gasteiger partial charge in [-0.1, -0.05) is 12.1 Å². The number of nitrogens with zero attached hydrogens (tertiary/aromatic N) is 1. The van der Waals surface area contributed by atoms with Crippen LogP contribution in [-0.4, -0.2) is 10.7 Å². The molecule has 2 aromatic rings. The van der Waals surface area contributed by atoms with Crippen LogP contribution in [0.4, 0.5) is 0 Å². The van der Waals surface area contributed by atoms with Crippen molar-refractivity contribution in [3.05, 3.63) is 34.4 Å². The van der Waals surface area contributed by atoms with E-state index in [1.54, 1.807) is 0 Å². The van der Waals surface area contributed by atoms with E-state index < -0.39 is 0 Å². The molecule has 0 saturated carbocycles. The summed E-state index contributed by atoms with van der Waals surface area (Å²) in [6.45, 7) is 9.21. The summed E-state index contributed by atoms with van der Waals surface area (Å²) in [7, 11) is 0. The molecule has 0 N–H and O–H groups in total. The average molecular weight is 310 g/mol. The Balaban J connectivity index is 2.52. The second-order valence-corrected chi connectivity index (χ2v) is 5.99. The Bertz CT molecular complexity index is 543. The molecule has 0 saturated heterocycles. The molecule has 1 aromatic carbocycles. The van der Waals surface area contributed by atoms with Gasteiger partial charge in [-0.15, -0.1) is 0 Å². The van der Waals surface area contributed by atoms with Crippen molar-refractivity contribution in [2.75, 3.05) is 0 Å². The van der Waals surface area contributed by atoms with Gasteiger partial charge in [0.05, 0.1) is 18.2 Å². The molecule has 0 spiro atoms. The maximum Gasteiger partial charge on any atom is 0.0871 e. The molecule has 1 heterocycles. The highest BCUT2D eigenvalue weighted by atomic mass is 79.9. The molecule has 2 rings (SSSR count). The SMILES string of the molecule is CC(C)OCc1cc2cccc(Br)c2n1C(C)C. The van der Waals surface area contributed by atoms with E-state index >= 15 is 0 Å². The first-order valence-electron chi connectivity index (χ1n) is 6.40. The van der Waals surface area contributed by atoms with Crippen LogP contribution < -0.4 is 0 Å². The fraction of sp³-hybridized carbons (Fsp3) is 0.467. The van der Waals surface area contributed by atoms with Crippen LogP contribution in [0.15, 0.2) is 28.7 Å². The number of ether oxygens (including phenoxy) is 1. The number of rotatable bonds is 4. The van der Waals surface area contributed by atoms with Crippen molar-refractivity contribution in [3.63, 3.8) is 0 Å². The summed E-state index contributed by atoms with van der Waals surface area (Å²) in [6, 6.07) is 8.96. The Morgan fingerprint density at radius 2 is 1.94 bits per heavy atom. The van der Waals surface area contributed by atoms with Gasteiger partial charge in [0, 0.05) is 21.6 Å². The quantitative estimate of drug-likeness (QED) is 0.782. The lowest BCUT2D eigenvalue weighted by Gasteiger charge is -2.16. The van der Waals surface area contributed by atoms with Crippen LogP contribution >= 0.6 is 15.9 Å². The number of para-hydroxylation sites is 1. The monoisotopic (exact) mass is 309 g/mol. The third kappa shape index (κ3) is 2.62. The maximum absolute atomic E-state index is 5.75. The molecule has 0 aliphatic heterocycles. The van der Waals surface area contributed by atoms with Crippen molar-refractivity contribution >= 4 is 26.8 Å². The predicted molar refractivity (Wildman–Crippen MR) is 79.9 cm³/mol. The van der Waals surface area contributed by atoms with Gasteiger partial charge in [-0.2, -0.15) is 0 Å². The van der Waals surface area contributed by atoms with Crippen LogP contribution in [0.2, 0.25) is 0 Å². The van der Waals surface area contributed by atoms with Gasteiger partial charge in [0.2, 0.25) is 0 Å². The van der Waals surface area contributed by atoms with Gasteiger partial charge < -0.3 is 9.30 Å². The molecule has 2 nitrogen and oxygen atoms in total. The van der Waals surface area contributed by atoms with E-state index in [0.717, 1.165) is 4.47 Å². The van der Waals surface area contributed by atoms with Crippen LogP contribution in [0, 0.1) is 0 Å². The summed E-state index contributed by atoms with van der Waals surface area (Å²) in [5.74, 6) is 0. The van der Waals surface area contributed by atoms with Crippen LogP contribution in [0.3, 0.4) is 0 Å². The molecule has 0 radical (unpaired) electrons. The van der Waals surface area contributed by atoms with E-state index in [2.05, 4.69) is 72.5 Å². The minimum absolute atomic E-state index is 0.257. The van der Waals surface area contributed by atoms with E-state index in [4.69, 9.17) is 4.74 Å². The molecule has 0 bridgehead atoms. The van der Waals surface area contributed by atoms with Gasteiger partial charge in [0.1, 0.15) is 0 Å². The molecular weight excluding hydrogens is 290 g/mol. The van der Waals surface area contributed by atoms with Crippen LogP contribution in [0.5, 0.6) is 0 Å². The predicted octanol–water partition coefficient (Wildman–Crippen LogP) is 4.91. The molecule has 0 atom stereocenters. The van der Waals surface area contributed by atoms with Crippen molar-refractivity contribution in [2.24, 2.45) is 0 Å². The van der Waals surface area contributed by atoms with Crippen molar-refractivity contribution in [3.8, 4) is 0 Å². The summed E-state index contributed by atoms with van der Waals surface area (Å²) in [5.41, 5.74) is 2.50. The molecule has 98 valence electrons. The van der Waals surface area contributed by atoms with Gasteiger partial charge in [0.25, 0.3) is 0 Å². The summed E-state index contributed by atoms with van der Waals surface area (Å²) in [6.07, 6.45) is 0.257. The summed E-state index contributed by atoms with van der Waals surface area (Å²) in [5, 5.41) is 1.26. The van der Waals surface area contributed by atoms with Crippen LogP contribution in [0.1, 0.15) is 39.4 Å².